The molecule has 2 unspecified atom stereocenters. The van der Waals surface area contributed by atoms with Crippen LogP contribution in [-0.4, -0.2) is 31.7 Å². The average molecular weight is 310 g/mol. The van der Waals surface area contributed by atoms with Crippen molar-refractivity contribution in [1.29, 1.82) is 0 Å². The van der Waals surface area contributed by atoms with E-state index in [4.69, 9.17) is 10.5 Å². The lowest BCUT2D eigenvalue weighted by Gasteiger charge is -2.24. The molecular weight excluding hydrogens is 283 g/mol. The predicted molar refractivity (Wildman–Crippen MR) is 84.9 cm³/mol. The van der Waals surface area contributed by atoms with Gasteiger partial charge in [0.2, 0.25) is 5.91 Å². The van der Waals surface area contributed by atoms with Crippen molar-refractivity contribution >= 4 is 5.91 Å². The summed E-state index contributed by atoms with van der Waals surface area (Å²) in [5.41, 5.74) is 6.96. The monoisotopic (exact) mass is 310 g/mol. The maximum absolute atomic E-state index is 13.4. The average Bonchev–Trinajstić information content (AvgIpc) is 2.54. The Balaban J connectivity index is 1.75. The summed E-state index contributed by atoms with van der Waals surface area (Å²) < 4.78 is 18.5. The molecule has 4 nitrogen and oxygen atoms in total. The van der Waals surface area contributed by atoms with Crippen LogP contribution in [0.2, 0.25) is 0 Å². The van der Waals surface area contributed by atoms with Gasteiger partial charge in [-0.1, -0.05) is 38.2 Å². The van der Waals surface area contributed by atoms with Crippen LogP contribution in [0.15, 0.2) is 23.6 Å². The van der Waals surface area contributed by atoms with Crippen molar-refractivity contribution in [3.05, 3.63) is 23.6 Å². The lowest BCUT2D eigenvalue weighted by atomic mass is 9.85. The van der Waals surface area contributed by atoms with Crippen LogP contribution in [0.25, 0.3) is 0 Å². The largest absolute Gasteiger partial charge is 0.374 e. The molecule has 0 radical (unpaired) electrons. The molecule has 0 aromatic rings. The van der Waals surface area contributed by atoms with Gasteiger partial charge in [-0.05, 0) is 24.0 Å². The molecule has 1 saturated carbocycles. The minimum absolute atomic E-state index is 0.115. The normalized spacial score (nSPS) is 24.4. The van der Waals surface area contributed by atoms with Crippen LogP contribution in [0.4, 0.5) is 4.39 Å². The first kappa shape index (κ1) is 17.2. The van der Waals surface area contributed by atoms with Crippen LogP contribution in [-0.2, 0) is 9.53 Å². The molecule has 5 heteroatoms. The van der Waals surface area contributed by atoms with E-state index in [-0.39, 0.29) is 11.7 Å². The topological polar surface area (TPSA) is 64.3 Å². The second kappa shape index (κ2) is 8.44. The molecule has 0 aromatic heterocycles. The third-order valence-electron chi connectivity index (χ3n) is 4.66. The summed E-state index contributed by atoms with van der Waals surface area (Å²) in [6, 6.07) is -0.446. The summed E-state index contributed by atoms with van der Waals surface area (Å²) in [4.78, 5) is 12.1. The fourth-order valence-corrected chi connectivity index (χ4v) is 3.26. The molecule has 0 spiro atoms. The van der Waals surface area contributed by atoms with Crippen molar-refractivity contribution in [3.8, 4) is 0 Å². The van der Waals surface area contributed by atoms with Crippen LogP contribution >= 0.6 is 0 Å². The van der Waals surface area contributed by atoms with E-state index in [2.05, 4.69) is 5.32 Å². The first-order valence-corrected chi connectivity index (χ1v) is 8.21. The fraction of sp³-hybridized carbons (Fsp3) is 0.706. The SMILES string of the molecule is COC1CC(CNC(=O)C(N)CC2CCCCC2)=CC=C1F. The van der Waals surface area contributed by atoms with Gasteiger partial charge in [-0.15, -0.1) is 0 Å². The first-order valence-electron chi connectivity index (χ1n) is 8.21. The van der Waals surface area contributed by atoms with Crippen LogP contribution in [0.1, 0.15) is 44.9 Å². The zero-order chi connectivity index (χ0) is 15.9. The number of amides is 1. The number of nitrogens with one attached hydrogen (secondary N) is 1. The zero-order valence-electron chi connectivity index (χ0n) is 13.3. The first-order chi connectivity index (χ1) is 10.6. The molecule has 0 aromatic carbocycles. The molecule has 2 aliphatic rings. The van der Waals surface area contributed by atoms with Crippen molar-refractivity contribution in [2.75, 3.05) is 13.7 Å². The lowest BCUT2D eigenvalue weighted by Crippen LogP contribution is -2.42. The van der Waals surface area contributed by atoms with E-state index in [1.54, 1.807) is 6.08 Å². The highest BCUT2D eigenvalue weighted by Gasteiger charge is 2.22. The van der Waals surface area contributed by atoms with E-state index in [9.17, 15) is 9.18 Å². The Morgan fingerprint density at radius 3 is 2.82 bits per heavy atom. The summed E-state index contributed by atoms with van der Waals surface area (Å²) in [7, 11) is 1.49. The van der Waals surface area contributed by atoms with Gasteiger partial charge < -0.3 is 15.8 Å². The minimum Gasteiger partial charge on any atom is -0.374 e. The van der Waals surface area contributed by atoms with Crippen LogP contribution in [0.5, 0.6) is 0 Å². The fourth-order valence-electron chi connectivity index (χ4n) is 3.26. The van der Waals surface area contributed by atoms with Gasteiger partial charge in [-0.3, -0.25) is 4.79 Å². The second-order valence-corrected chi connectivity index (χ2v) is 6.37. The molecule has 3 N–H and O–H groups in total. The second-order valence-electron chi connectivity index (χ2n) is 6.37. The molecule has 1 amide bonds. The third-order valence-corrected chi connectivity index (χ3v) is 4.66. The van der Waals surface area contributed by atoms with Gasteiger partial charge in [0, 0.05) is 20.1 Å². The van der Waals surface area contributed by atoms with Gasteiger partial charge in [0.15, 0.2) is 0 Å². The molecule has 2 rings (SSSR count). The van der Waals surface area contributed by atoms with E-state index in [0.717, 1.165) is 12.0 Å². The molecule has 0 aliphatic heterocycles. The quantitative estimate of drug-likeness (QED) is 0.792. The summed E-state index contributed by atoms with van der Waals surface area (Å²) in [6.07, 6.45) is 9.99. The Labute approximate surface area is 132 Å². The van der Waals surface area contributed by atoms with E-state index < -0.39 is 12.1 Å². The highest BCUT2D eigenvalue weighted by Crippen LogP contribution is 2.27. The maximum atomic E-state index is 13.4. The van der Waals surface area contributed by atoms with Crippen molar-refractivity contribution in [1.82, 2.24) is 5.32 Å². The van der Waals surface area contributed by atoms with E-state index in [1.165, 1.54) is 45.3 Å². The molecule has 124 valence electrons. The van der Waals surface area contributed by atoms with Crippen molar-refractivity contribution in [3.63, 3.8) is 0 Å². The van der Waals surface area contributed by atoms with Gasteiger partial charge in [0.1, 0.15) is 11.9 Å². The number of hydrogen-bond donors (Lipinski definition) is 2. The van der Waals surface area contributed by atoms with Gasteiger partial charge in [-0.25, -0.2) is 4.39 Å². The Bertz CT molecular complexity index is 442. The van der Waals surface area contributed by atoms with Gasteiger partial charge in [-0.2, -0.15) is 0 Å². The van der Waals surface area contributed by atoms with Crippen molar-refractivity contribution < 1.29 is 13.9 Å². The lowest BCUT2D eigenvalue weighted by molar-refractivity contribution is -0.122. The number of hydrogen-bond acceptors (Lipinski definition) is 3. The smallest absolute Gasteiger partial charge is 0.237 e. The van der Waals surface area contributed by atoms with Crippen molar-refractivity contribution in [2.24, 2.45) is 11.7 Å². The number of rotatable bonds is 6. The summed E-state index contributed by atoms with van der Waals surface area (Å²) in [5.74, 6) is 0.195. The molecule has 2 atom stereocenters. The van der Waals surface area contributed by atoms with Gasteiger partial charge in [0.05, 0.1) is 6.04 Å². The van der Waals surface area contributed by atoms with Gasteiger partial charge >= 0.3 is 0 Å². The third kappa shape index (κ3) is 4.92. The maximum Gasteiger partial charge on any atom is 0.237 e. The number of halogens is 1. The number of nitrogens with two attached hydrogens (primary N) is 1. The summed E-state index contributed by atoms with van der Waals surface area (Å²) in [5, 5.41) is 2.86. The molecule has 0 bridgehead atoms. The zero-order valence-corrected chi connectivity index (χ0v) is 13.3. The van der Waals surface area contributed by atoms with E-state index in [0.29, 0.717) is 18.9 Å². The van der Waals surface area contributed by atoms with E-state index in [1.807, 2.05) is 0 Å². The van der Waals surface area contributed by atoms with E-state index >= 15 is 0 Å². The minimum atomic E-state index is -0.534. The van der Waals surface area contributed by atoms with Crippen molar-refractivity contribution in [2.45, 2.75) is 57.1 Å². The molecular formula is C17H27FN2O2. The number of ether oxygens (including phenoxy) is 1. The molecule has 0 heterocycles. The molecule has 22 heavy (non-hydrogen) atoms. The predicted octanol–water partition coefficient (Wildman–Crippen LogP) is 2.60. The number of methoxy groups -OCH3 is 1. The Morgan fingerprint density at radius 2 is 2.14 bits per heavy atom. The summed E-state index contributed by atoms with van der Waals surface area (Å²) >= 11 is 0. The summed E-state index contributed by atoms with van der Waals surface area (Å²) in [6.45, 7) is 0.404. The Morgan fingerprint density at radius 1 is 1.41 bits per heavy atom. The highest BCUT2D eigenvalue weighted by molar-refractivity contribution is 5.81. The molecule has 2 aliphatic carbocycles. The number of allylic oxidation sites excluding steroid dienone is 2. The Kier molecular flexibility index (Phi) is 6.58. The van der Waals surface area contributed by atoms with Crippen LogP contribution in [0.3, 0.4) is 0 Å². The van der Waals surface area contributed by atoms with Gasteiger partial charge in [0.25, 0.3) is 0 Å². The standard InChI is InChI=1S/C17H27FN2O2/c1-22-16-10-13(7-8-14(16)18)11-20-17(21)15(19)9-12-5-3-2-4-6-12/h7-8,12,15-16H,2-6,9-11,19H2,1H3,(H,20,21). The highest BCUT2D eigenvalue weighted by atomic mass is 19.1. The number of carbonyl (C=O) groups excluding carboxylic acids is 1. The Hall–Kier alpha value is -1.20. The number of carbonyl (C=O) groups is 1. The molecule has 1 fully saturated rings. The van der Waals surface area contributed by atoms with Crippen LogP contribution < -0.4 is 11.1 Å². The van der Waals surface area contributed by atoms with Crippen LogP contribution in [0, 0.1) is 5.92 Å². The molecule has 0 saturated heterocycles.